The summed E-state index contributed by atoms with van der Waals surface area (Å²) in [7, 11) is 0. The maximum Gasteiger partial charge on any atom is 0.0482 e. The molecule has 3 rings (SSSR count). The van der Waals surface area contributed by atoms with Gasteiger partial charge in [-0.15, -0.1) is 0 Å². The third-order valence-corrected chi connectivity index (χ3v) is 5.06. The molecule has 21 heavy (non-hydrogen) atoms. The number of likely N-dealkylation sites (N-methyl/N-ethyl adjacent to an activating group) is 1. The zero-order valence-electron chi connectivity index (χ0n) is 13.3. The van der Waals surface area contributed by atoms with Crippen molar-refractivity contribution in [3.8, 4) is 0 Å². The highest BCUT2D eigenvalue weighted by Gasteiger charge is 2.29. The molecule has 1 N–H and O–H groups in total. The molecule has 114 valence electrons. The largest absolute Gasteiger partial charge is 0.313 e. The molecule has 2 nitrogen and oxygen atoms in total. The number of hydrogen-bond acceptors (Lipinski definition) is 2. The molecular weight excluding hydrogens is 256 g/mol. The van der Waals surface area contributed by atoms with Crippen molar-refractivity contribution < 1.29 is 0 Å². The maximum atomic E-state index is 4.74. The Morgan fingerprint density at radius 3 is 3.05 bits per heavy atom. The molecule has 1 heterocycles. The van der Waals surface area contributed by atoms with E-state index in [1.165, 1.54) is 62.6 Å². The van der Waals surface area contributed by atoms with Crippen LogP contribution < -0.4 is 5.32 Å². The summed E-state index contributed by atoms with van der Waals surface area (Å²) in [5.74, 6) is 0.595. The maximum absolute atomic E-state index is 4.74. The summed E-state index contributed by atoms with van der Waals surface area (Å²) in [4.78, 5) is 4.74. The van der Waals surface area contributed by atoms with Gasteiger partial charge >= 0.3 is 0 Å². The quantitative estimate of drug-likeness (QED) is 0.812. The Bertz CT molecular complexity index is 492. The Balaban J connectivity index is 1.79. The first kappa shape index (κ1) is 14.8. The molecule has 0 spiro atoms. The van der Waals surface area contributed by atoms with E-state index >= 15 is 0 Å². The van der Waals surface area contributed by atoms with Gasteiger partial charge in [-0.05, 0) is 69.5 Å². The minimum Gasteiger partial charge on any atom is -0.313 e. The fourth-order valence-electron chi connectivity index (χ4n) is 4.03. The van der Waals surface area contributed by atoms with Crippen LogP contribution in [0.15, 0.2) is 30.0 Å². The molecule has 0 fully saturated rings. The normalized spacial score (nSPS) is 23.3. The number of pyridine rings is 1. The second-order valence-corrected chi connectivity index (χ2v) is 6.52. The lowest BCUT2D eigenvalue weighted by molar-refractivity contribution is 0.383. The van der Waals surface area contributed by atoms with Crippen LogP contribution in [0.1, 0.15) is 69.0 Å². The molecule has 2 unspecified atom stereocenters. The fourth-order valence-corrected chi connectivity index (χ4v) is 4.03. The van der Waals surface area contributed by atoms with E-state index in [0.717, 1.165) is 6.54 Å². The summed E-state index contributed by atoms with van der Waals surface area (Å²) in [6.45, 7) is 3.28. The van der Waals surface area contributed by atoms with Crippen LogP contribution in [0.5, 0.6) is 0 Å². The Kier molecular flexibility index (Phi) is 5.08. The second-order valence-electron chi connectivity index (χ2n) is 6.52. The summed E-state index contributed by atoms with van der Waals surface area (Å²) >= 11 is 0. The van der Waals surface area contributed by atoms with E-state index in [4.69, 9.17) is 4.98 Å². The van der Waals surface area contributed by atoms with Crippen molar-refractivity contribution in [1.82, 2.24) is 10.3 Å². The minimum absolute atomic E-state index is 0.563. The number of nitrogens with zero attached hydrogens (tertiary/aromatic N) is 1. The lowest BCUT2D eigenvalue weighted by Crippen LogP contribution is -2.37. The number of nitrogens with one attached hydrogen (secondary N) is 1. The number of rotatable bonds is 5. The van der Waals surface area contributed by atoms with E-state index in [9.17, 15) is 0 Å². The number of aromatic nitrogens is 1. The van der Waals surface area contributed by atoms with Crippen LogP contribution in [0.4, 0.5) is 0 Å². The molecule has 0 saturated heterocycles. The van der Waals surface area contributed by atoms with Gasteiger partial charge in [-0.2, -0.15) is 0 Å². The van der Waals surface area contributed by atoms with Gasteiger partial charge in [-0.3, -0.25) is 4.98 Å². The van der Waals surface area contributed by atoms with Gasteiger partial charge in [-0.25, -0.2) is 0 Å². The van der Waals surface area contributed by atoms with Crippen LogP contribution in [0.3, 0.4) is 0 Å². The summed E-state index contributed by atoms with van der Waals surface area (Å²) in [5, 5.41) is 3.76. The Labute approximate surface area is 129 Å². The molecule has 0 saturated carbocycles. The van der Waals surface area contributed by atoms with Gasteiger partial charge in [0.25, 0.3) is 0 Å². The van der Waals surface area contributed by atoms with E-state index in [-0.39, 0.29) is 0 Å². The van der Waals surface area contributed by atoms with Gasteiger partial charge in [0.15, 0.2) is 0 Å². The van der Waals surface area contributed by atoms with Crippen molar-refractivity contribution in [1.29, 1.82) is 0 Å². The zero-order chi connectivity index (χ0) is 14.5. The molecule has 1 aromatic heterocycles. The molecule has 0 bridgehead atoms. The molecule has 2 heteroatoms. The third kappa shape index (κ3) is 3.55. The molecule has 0 aromatic carbocycles. The molecule has 2 aliphatic carbocycles. The highest BCUT2D eigenvalue weighted by Crippen LogP contribution is 2.35. The number of aryl methyl sites for hydroxylation is 1. The summed E-state index contributed by atoms with van der Waals surface area (Å²) < 4.78 is 0. The van der Waals surface area contributed by atoms with Crippen molar-refractivity contribution in [2.24, 2.45) is 0 Å². The lowest BCUT2D eigenvalue weighted by atomic mass is 9.79. The topological polar surface area (TPSA) is 24.9 Å². The summed E-state index contributed by atoms with van der Waals surface area (Å²) in [6, 6.07) is 4.93. The Hall–Kier alpha value is -1.15. The van der Waals surface area contributed by atoms with Gasteiger partial charge < -0.3 is 5.32 Å². The average molecular weight is 284 g/mol. The predicted molar refractivity (Wildman–Crippen MR) is 88.5 cm³/mol. The van der Waals surface area contributed by atoms with E-state index in [1.807, 2.05) is 6.20 Å². The van der Waals surface area contributed by atoms with Gasteiger partial charge in [0.05, 0.1) is 0 Å². The smallest absolute Gasteiger partial charge is 0.0482 e. The van der Waals surface area contributed by atoms with Crippen molar-refractivity contribution in [3.05, 3.63) is 41.2 Å². The molecule has 0 aliphatic heterocycles. The first-order valence-corrected chi connectivity index (χ1v) is 8.73. The van der Waals surface area contributed by atoms with Gasteiger partial charge in [0.1, 0.15) is 0 Å². The number of allylic oxidation sites excluding steroid dienone is 1. The van der Waals surface area contributed by atoms with E-state index in [2.05, 4.69) is 30.4 Å². The molecule has 2 aliphatic rings. The standard InChI is InChI=1S/C19H28N2/c1-2-20-18(14-15-8-4-3-5-9-15)17-12-6-10-16-11-7-13-21-19(16)17/h7-8,11,13,17-18,20H,2-6,9-10,12,14H2,1H3. The van der Waals surface area contributed by atoms with Gasteiger partial charge in [-0.1, -0.05) is 24.6 Å². The van der Waals surface area contributed by atoms with E-state index in [1.54, 1.807) is 5.57 Å². The fraction of sp³-hybridized carbons (Fsp3) is 0.632. The van der Waals surface area contributed by atoms with Crippen LogP contribution in [-0.2, 0) is 6.42 Å². The van der Waals surface area contributed by atoms with Crippen molar-refractivity contribution in [2.45, 2.75) is 70.3 Å². The van der Waals surface area contributed by atoms with Crippen LogP contribution in [-0.4, -0.2) is 17.6 Å². The Morgan fingerprint density at radius 1 is 1.29 bits per heavy atom. The molecular formula is C19H28N2. The van der Waals surface area contributed by atoms with Crippen molar-refractivity contribution >= 4 is 0 Å². The Morgan fingerprint density at radius 2 is 2.24 bits per heavy atom. The lowest BCUT2D eigenvalue weighted by Gasteiger charge is -2.33. The second kappa shape index (κ2) is 7.22. The monoisotopic (exact) mass is 284 g/mol. The molecule has 2 atom stereocenters. The zero-order valence-corrected chi connectivity index (χ0v) is 13.3. The first-order valence-electron chi connectivity index (χ1n) is 8.73. The predicted octanol–water partition coefficient (Wildman–Crippen LogP) is 4.37. The third-order valence-electron chi connectivity index (χ3n) is 5.06. The number of fused-ring (bicyclic) bond motifs is 1. The highest BCUT2D eigenvalue weighted by atomic mass is 14.9. The van der Waals surface area contributed by atoms with Crippen LogP contribution in [0.2, 0.25) is 0 Å². The van der Waals surface area contributed by atoms with Crippen LogP contribution in [0, 0.1) is 0 Å². The molecule has 0 amide bonds. The van der Waals surface area contributed by atoms with E-state index in [0.29, 0.717) is 12.0 Å². The average Bonchev–Trinajstić information content (AvgIpc) is 2.55. The first-order chi connectivity index (χ1) is 10.4. The number of hydrogen-bond donors (Lipinski definition) is 1. The molecule has 0 radical (unpaired) electrons. The summed E-state index contributed by atoms with van der Waals surface area (Å²) in [5.41, 5.74) is 4.52. The highest BCUT2D eigenvalue weighted by molar-refractivity contribution is 5.28. The van der Waals surface area contributed by atoms with Gasteiger partial charge in [0, 0.05) is 23.9 Å². The van der Waals surface area contributed by atoms with Crippen LogP contribution in [0.25, 0.3) is 0 Å². The summed E-state index contributed by atoms with van der Waals surface area (Å²) in [6.07, 6.45) is 14.8. The van der Waals surface area contributed by atoms with Crippen molar-refractivity contribution in [3.63, 3.8) is 0 Å². The van der Waals surface area contributed by atoms with Crippen LogP contribution >= 0.6 is 0 Å². The SMILES string of the molecule is CCNC(CC1=CCCCC1)C1CCCc2cccnc21. The van der Waals surface area contributed by atoms with E-state index < -0.39 is 0 Å². The van der Waals surface area contributed by atoms with Crippen molar-refractivity contribution in [2.75, 3.05) is 6.54 Å². The minimum atomic E-state index is 0.563. The van der Waals surface area contributed by atoms with Gasteiger partial charge in [0.2, 0.25) is 0 Å². The molecule has 1 aromatic rings.